The predicted octanol–water partition coefficient (Wildman–Crippen LogP) is 2.64. The molecule has 8 nitrogen and oxygen atoms in total. The molecule has 1 heterocycles. The van der Waals surface area contributed by atoms with Crippen LogP contribution in [-0.4, -0.2) is 65.4 Å². The van der Waals surface area contributed by atoms with Crippen LogP contribution in [0.5, 0.6) is 0 Å². The fourth-order valence-electron chi connectivity index (χ4n) is 3.77. The third-order valence-electron chi connectivity index (χ3n) is 5.18. The van der Waals surface area contributed by atoms with Crippen molar-refractivity contribution in [2.45, 2.75) is 84.1 Å². The molecule has 30 heavy (non-hydrogen) atoms. The van der Waals surface area contributed by atoms with E-state index >= 15 is 0 Å². The average molecular weight is 427 g/mol. The Balaban J connectivity index is 3.05. The number of β-amino-alcohol motifs (C(OH)–C–C–N with tert-alkyl or cyclic N) is 1. The molecule has 8 heteroatoms. The summed E-state index contributed by atoms with van der Waals surface area (Å²) in [4.78, 5) is 39.2. The molecule has 0 aromatic heterocycles. The van der Waals surface area contributed by atoms with Crippen LogP contribution < -0.4 is 5.32 Å². The zero-order valence-electron chi connectivity index (χ0n) is 19.1. The Bertz CT molecular complexity index is 615. The molecule has 1 saturated heterocycles. The zero-order valence-corrected chi connectivity index (χ0v) is 19.1. The maximum absolute atomic E-state index is 13.4. The number of rotatable bonds is 9. The monoisotopic (exact) mass is 426 g/mol. The number of aliphatic hydroxyl groups excluding tert-OH is 1. The predicted molar refractivity (Wildman–Crippen MR) is 114 cm³/mol. The first-order valence-electron chi connectivity index (χ1n) is 10.6. The number of amides is 2. The molecule has 2 amide bonds. The first-order valence-corrected chi connectivity index (χ1v) is 10.6. The van der Waals surface area contributed by atoms with Crippen LogP contribution in [-0.2, 0) is 19.1 Å². The molecule has 0 bridgehead atoms. The molecule has 1 rings (SSSR count). The molecule has 5 unspecified atom stereocenters. The SMILES string of the molecule is C=CCCC(C)CC(C)C(NC(=O)OC(C)(C)C)C(=O)N1CC(O)CC1C(=O)OC. The number of ether oxygens (including phenoxy) is 2. The number of methoxy groups -OCH3 is 1. The van der Waals surface area contributed by atoms with Gasteiger partial charge in [0, 0.05) is 13.0 Å². The van der Waals surface area contributed by atoms with E-state index in [2.05, 4.69) is 18.8 Å². The number of allylic oxidation sites excluding steroid dienone is 1. The van der Waals surface area contributed by atoms with Crippen molar-refractivity contribution in [2.75, 3.05) is 13.7 Å². The molecule has 1 aliphatic heterocycles. The molecule has 1 fully saturated rings. The summed E-state index contributed by atoms with van der Waals surface area (Å²) in [7, 11) is 1.25. The molecule has 5 atom stereocenters. The minimum Gasteiger partial charge on any atom is -0.467 e. The van der Waals surface area contributed by atoms with Crippen molar-refractivity contribution in [3.63, 3.8) is 0 Å². The Hall–Kier alpha value is -2.09. The Morgan fingerprint density at radius 2 is 1.93 bits per heavy atom. The van der Waals surface area contributed by atoms with E-state index in [0.29, 0.717) is 12.3 Å². The topological polar surface area (TPSA) is 105 Å². The second kappa shape index (κ2) is 11.3. The molecular formula is C22H38N2O6. The number of esters is 1. The number of hydrogen-bond acceptors (Lipinski definition) is 6. The molecule has 0 spiro atoms. The number of carbonyl (C=O) groups excluding carboxylic acids is 3. The van der Waals surface area contributed by atoms with Crippen molar-refractivity contribution in [1.82, 2.24) is 10.2 Å². The maximum atomic E-state index is 13.4. The average Bonchev–Trinajstić information content (AvgIpc) is 3.03. The van der Waals surface area contributed by atoms with Crippen molar-refractivity contribution < 1.29 is 29.0 Å². The number of nitrogens with one attached hydrogen (secondary N) is 1. The number of alkyl carbamates (subject to hydrolysis) is 1. The van der Waals surface area contributed by atoms with Gasteiger partial charge in [-0.1, -0.05) is 19.9 Å². The lowest BCUT2D eigenvalue weighted by molar-refractivity contribution is -0.152. The van der Waals surface area contributed by atoms with E-state index in [4.69, 9.17) is 9.47 Å². The van der Waals surface area contributed by atoms with Crippen LogP contribution in [0.4, 0.5) is 4.79 Å². The number of aliphatic hydroxyl groups is 1. The van der Waals surface area contributed by atoms with Crippen LogP contribution in [0.3, 0.4) is 0 Å². The lowest BCUT2D eigenvalue weighted by Gasteiger charge is -2.32. The van der Waals surface area contributed by atoms with Gasteiger partial charge in [-0.3, -0.25) is 4.79 Å². The van der Waals surface area contributed by atoms with Crippen LogP contribution in [0, 0.1) is 11.8 Å². The second-order valence-corrected chi connectivity index (χ2v) is 9.23. The molecule has 0 aromatic rings. The van der Waals surface area contributed by atoms with Crippen molar-refractivity contribution in [3.8, 4) is 0 Å². The fraction of sp³-hybridized carbons (Fsp3) is 0.773. The van der Waals surface area contributed by atoms with Gasteiger partial charge in [-0.15, -0.1) is 6.58 Å². The molecular weight excluding hydrogens is 388 g/mol. The summed E-state index contributed by atoms with van der Waals surface area (Å²) in [6.07, 6.45) is 2.95. The van der Waals surface area contributed by atoms with E-state index in [0.717, 1.165) is 12.8 Å². The molecule has 0 aromatic carbocycles. The Kier molecular flexibility index (Phi) is 9.81. The second-order valence-electron chi connectivity index (χ2n) is 9.23. The van der Waals surface area contributed by atoms with Crippen molar-refractivity contribution in [1.29, 1.82) is 0 Å². The minimum absolute atomic E-state index is 0.0177. The summed E-state index contributed by atoms with van der Waals surface area (Å²) in [6, 6.07) is -1.76. The van der Waals surface area contributed by atoms with Gasteiger partial charge in [-0.25, -0.2) is 9.59 Å². The van der Waals surface area contributed by atoms with E-state index in [1.54, 1.807) is 20.8 Å². The van der Waals surface area contributed by atoms with Gasteiger partial charge in [-0.2, -0.15) is 0 Å². The van der Waals surface area contributed by atoms with E-state index < -0.39 is 41.8 Å². The van der Waals surface area contributed by atoms with Crippen molar-refractivity contribution >= 4 is 18.0 Å². The summed E-state index contributed by atoms with van der Waals surface area (Å²) >= 11 is 0. The third kappa shape index (κ3) is 7.97. The number of carbonyl (C=O) groups is 3. The van der Waals surface area contributed by atoms with Crippen LogP contribution in [0.1, 0.15) is 60.3 Å². The van der Waals surface area contributed by atoms with E-state index in [1.807, 2.05) is 13.0 Å². The summed E-state index contributed by atoms with van der Waals surface area (Å²) in [5, 5.41) is 12.7. The molecule has 2 N–H and O–H groups in total. The van der Waals surface area contributed by atoms with Crippen molar-refractivity contribution in [2.24, 2.45) is 11.8 Å². The summed E-state index contributed by atoms with van der Waals surface area (Å²) < 4.78 is 10.1. The van der Waals surface area contributed by atoms with Crippen LogP contribution in [0.2, 0.25) is 0 Å². The fourth-order valence-corrected chi connectivity index (χ4v) is 3.77. The van der Waals surface area contributed by atoms with Gasteiger partial charge in [0.1, 0.15) is 17.7 Å². The van der Waals surface area contributed by atoms with Gasteiger partial charge in [0.05, 0.1) is 13.2 Å². The summed E-state index contributed by atoms with van der Waals surface area (Å²) in [5.74, 6) is -0.894. The smallest absolute Gasteiger partial charge is 0.408 e. The standard InChI is InChI=1S/C22H38N2O6/c1-8-9-10-14(2)11-15(3)18(23-21(28)30-22(4,5)6)19(26)24-13-16(25)12-17(24)20(27)29-7/h8,14-18,25H,1,9-13H2,2-7H3,(H,23,28). The van der Waals surface area contributed by atoms with Crippen LogP contribution in [0.25, 0.3) is 0 Å². The Labute approximate surface area is 180 Å². The summed E-state index contributed by atoms with van der Waals surface area (Å²) in [5.41, 5.74) is -0.712. The van der Waals surface area contributed by atoms with E-state index in [1.165, 1.54) is 12.0 Å². The highest BCUT2D eigenvalue weighted by atomic mass is 16.6. The Morgan fingerprint density at radius 1 is 1.30 bits per heavy atom. The largest absolute Gasteiger partial charge is 0.467 e. The number of hydrogen-bond donors (Lipinski definition) is 2. The van der Waals surface area contributed by atoms with Gasteiger partial charge >= 0.3 is 12.1 Å². The maximum Gasteiger partial charge on any atom is 0.408 e. The molecule has 0 aliphatic carbocycles. The zero-order chi connectivity index (χ0) is 23.1. The lowest BCUT2D eigenvalue weighted by Crippen LogP contribution is -2.55. The highest BCUT2D eigenvalue weighted by Crippen LogP contribution is 2.25. The van der Waals surface area contributed by atoms with Gasteiger partial charge in [0.2, 0.25) is 5.91 Å². The highest BCUT2D eigenvalue weighted by Gasteiger charge is 2.43. The van der Waals surface area contributed by atoms with E-state index in [-0.39, 0.29) is 18.9 Å². The molecule has 0 saturated carbocycles. The number of likely N-dealkylation sites (tertiary alicyclic amines) is 1. The normalized spacial score (nSPS) is 22.0. The van der Waals surface area contributed by atoms with Gasteiger partial charge in [0.25, 0.3) is 0 Å². The quantitative estimate of drug-likeness (QED) is 0.434. The van der Waals surface area contributed by atoms with Crippen molar-refractivity contribution in [3.05, 3.63) is 12.7 Å². The highest BCUT2D eigenvalue weighted by molar-refractivity contribution is 5.90. The van der Waals surface area contributed by atoms with Gasteiger partial charge in [0.15, 0.2) is 0 Å². The van der Waals surface area contributed by atoms with Gasteiger partial charge < -0.3 is 24.8 Å². The molecule has 1 aliphatic rings. The van der Waals surface area contributed by atoms with Gasteiger partial charge in [-0.05, 0) is 51.9 Å². The first-order chi connectivity index (χ1) is 13.9. The molecule has 0 radical (unpaired) electrons. The van der Waals surface area contributed by atoms with Crippen LogP contribution in [0.15, 0.2) is 12.7 Å². The minimum atomic E-state index is -0.886. The van der Waals surface area contributed by atoms with Crippen LogP contribution >= 0.6 is 0 Å². The third-order valence-corrected chi connectivity index (χ3v) is 5.18. The Morgan fingerprint density at radius 3 is 2.47 bits per heavy atom. The summed E-state index contributed by atoms with van der Waals surface area (Å²) in [6.45, 7) is 13.0. The van der Waals surface area contributed by atoms with E-state index in [9.17, 15) is 19.5 Å². The lowest BCUT2D eigenvalue weighted by atomic mass is 9.88. The molecule has 172 valence electrons. The first kappa shape index (κ1) is 25.9. The number of nitrogens with zero attached hydrogens (tertiary/aromatic N) is 1.